The number of aromatic nitrogens is 5. The minimum atomic E-state index is -0.720. The molecule has 3 heterocycles. The van der Waals surface area contributed by atoms with E-state index >= 15 is 0 Å². The molecule has 25 heavy (non-hydrogen) atoms. The number of nitrogens with one attached hydrogen (secondary N) is 1. The first-order valence-corrected chi connectivity index (χ1v) is 8.52. The summed E-state index contributed by atoms with van der Waals surface area (Å²) in [5, 5.41) is 4.26. The fourth-order valence-corrected chi connectivity index (χ4v) is 2.92. The summed E-state index contributed by atoms with van der Waals surface area (Å²) in [6, 6.07) is 5.59. The summed E-state index contributed by atoms with van der Waals surface area (Å²) in [5.74, 6) is -0.400. The Balaban J connectivity index is 1.98. The molecule has 0 saturated heterocycles. The highest BCUT2D eigenvalue weighted by atomic mass is 79.9. The van der Waals surface area contributed by atoms with Crippen LogP contribution in [0.5, 0.6) is 0 Å². The van der Waals surface area contributed by atoms with Gasteiger partial charge >= 0.3 is 5.76 Å². The van der Waals surface area contributed by atoms with Gasteiger partial charge in [-0.25, -0.2) is 23.7 Å². The molecule has 0 spiro atoms. The van der Waals surface area contributed by atoms with Crippen LogP contribution in [0.15, 0.2) is 39.8 Å². The lowest BCUT2D eigenvalue weighted by atomic mass is 10.2. The van der Waals surface area contributed by atoms with Crippen molar-refractivity contribution < 1.29 is 8.91 Å². The summed E-state index contributed by atoms with van der Waals surface area (Å²) in [7, 11) is 0. The van der Waals surface area contributed by atoms with Crippen LogP contribution < -0.4 is 5.76 Å². The van der Waals surface area contributed by atoms with Crippen LogP contribution in [0.4, 0.5) is 4.39 Å². The number of benzene rings is 1. The van der Waals surface area contributed by atoms with Crippen molar-refractivity contribution in [3.05, 3.63) is 57.7 Å². The smallest absolute Gasteiger partial charge is 0.339 e. The summed E-state index contributed by atoms with van der Waals surface area (Å²) in [6.45, 7) is 0. The van der Waals surface area contributed by atoms with Crippen molar-refractivity contribution in [1.82, 2.24) is 24.7 Å². The van der Waals surface area contributed by atoms with Crippen LogP contribution in [0.1, 0.15) is 5.82 Å². The maximum Gasteiger partial charge on any atom is 0.446 e. The number of rotatable bonds is 3. The number of fused-ring (bicyclic) bond motifs is 1. The van der Waals surface area contributed by atoms with E-state index in [9.17, 15) is 9.18 Å². The van der Waals surface area contributed by atoms with E-state index in [0.29, 0.717) is 33.6 Å². The third kappa shape index (κ3) is 2.65. The maximum atomic E-state index is 13.4. The Morgan fingerprint density at radius 1 is 1.36 bits per heavy atom. The molecule has 0 amide bonds. The van der Waals surface area contributed by atoms with Gasteiger partial charge in [-0.15, -0.1) is 0 Å². The van der Waals surface area contributed by atoms with Gasteiger partial charge in [-0.2, -0.15) is 0 Å². The second-order valence-corrected chi connectivity index (χ2v) is 6.05. The Morgan fingerprint density at radius 2 is 2.20 bits per heavy atom. The predicted octanol–water partition coefficient (Wildman–Crippen LogP) is 3.45. The number of aromatic amines is 1. The third-order valence-electron chi connectivity index (χ3n) is 3.57. The molecule has 0 aliphatic heterocycles. The van der Waals surface area contributed by atoms with Crippen molar-refractivity contribution in [1.29, 1.82) is 0 Å². The first-order valence-electron chi connectivity index (χ1n) is 7.02. The lowest BCUT2D eigenvalue weighted by Gasteiger charge is -2.06. The molecule has 10 heteroatoms. The molecule has 0 fully saturated rings. The van der Waals surface area contributed by atoms with E-state index in [1.54, 1.807) is 12.3 Å². The van der Waals surface area contributed by atoms with Gasteiger partial charge in [0.15, 0.2) is 11.5 Å². The zero-order chi connectivity index (χ0) is 17.6. The average molecular weight is 425 g/mol. The lowest BCUT2D eigenvalue weighted by Crippen LogP contribution is -2.13. The van der Waals surface area contributed by atoms with Crippen LogP contribution >= 0.6 is 27.5 Å². The Kier molecular flexibility index (Phi) is 3.89. The molecule has 126 valence electrons. The van der Waals surface area contributed by atoms with E-state index in [1.165, 1.54) is 22.8 Å². The number of hydrogen-bond acceptors (Lipinski definition) is 5. The van der Waals surface area contributed by atoms with Crippen molar-refractivity contribution in [3.63, 3.8) is 0 Å². The highest BCUT2D eigenvalue weighted by Gasteiger charge is 2.19. The number of hydrogen-bond donors (Lipinski definition) is 1. The second-order valence-electron chi connectivity index (χ2n) is 5.08. The largest absolute Gasteiger partial charge is 0.446 e. The van der Waals surface area contributed by atoms with E-state index in [0.717, 1.165) is 0 Å². The molecule has 1 N–H and O–H groups in total. The van der Waals surface area contributed by atoms with Crippen molar-refractivity contribution >= 4 is 38.7 Å². The fourth-order valence-electron chi connectivity index (χ4n) is 2.48. The summed E-state index contributed by atoms with van der Waals surface area (Å²) < 4.78 is 19.4. The molecule has 3 aromatic heterocycles. The van der Waals surface area contributed by atoms with Crippen LogP contribution in [-0.4, -0.2) is 24.7 Å². The fraction of sp³-hybridized carbons (Fsp3) is 0.0667. The van der Waals surface area contributed by atoms with Gasteiger partial charge in [-0.3, -0.25) is 4.52 Å². The highest BCUT2D eigenvalue weighted by molar-refractivity contribution is 9.08. The molecule has 0 atom stereocenters. The topological polar surface area (TPSA) is 89.6 Å². The number of alkyl halides is 1. The Labute approximate surface area is 152 Å². The highest BCUT2D eigenvalue weighted by Crippen LogP contribution is 2.27. The molecular formula is C15H8BrClFN5O2. The van der Waals surface area contributed by atoms with Gasteiger partial charge < -0.3 is 4.98 Å². The minimum Gasteiger partial charge on any atom is -0.339 e. The first kappa shape index (κ1) is 16.0. The maximum absolute atomic E-state index is 13.4. The molecular weight excluding hydrogens is 417 g/mol. The molecule has 0 saturated carbocycles. The average Bonchev–Trinajstić information content (AvgIpc) is 3.20. The molecule has 0 radical (unpaired) electrons. The minimum absolute atomic E-state index is 0.112. The third-order valence-corrected chi connectivity index (χ3v) is 4.40. The molecule has 7 nitrogen and oxygen atoms in total. The lowest BCUT2D eigenvalue weighted by molar-refractivity contribution is 0.383. The Bertz CT molecular complexity index is 1150. The Hall–Kier alpha value is -2.52. The SMILES string of the molecule is O=c1onc(-c2ccnc3nc(CBr)[nH]c23)n1-c1ccc(F)c(Cl)c1. The van der Waals surface area contributed by atoms with Crippen LogP contribution in [0, 0.1) is 5.82 Å². The number of H-pyrrole nitrogens is 1. The molecule has 4 rings (SSSR count). The predicted molar refractivity (Wildman–Crippen MR) is 92.6 cm³/mol. The second kappa shape index (κ2) is 6.08. The Morgan fingerprint density at radius 3 is 2.96 bits per heavy atom. The molecule has 0 bridgehead atoms. The van der Waals surface area contributed by atoms with E-state index in [1.807, 2.05) is 0 Å². The zero-order valence-electron chi connectivity index (χ0n) is 12.3. The van der Waals surface area contributed by atoms with Gasteiger partial charge in [0.25, 0.3) is 0 Å². The van der Waals surface area contributed by atoms with Crippen molar-refractivity contribution in [2.45, 2.75) is 5.33 Å². The standard InChI is InChI=1S/C15H8BrClFN5O2/c16-6-11-20-12-8(3-4-19-13(12)21-11)14-22-25-15(24)23(14)7-1-2-10(18)9(17)5-7/h1-5H,6H2,(H,19,20,21). The summed E-state index contributed by atoms with van der Waals surface area (Å²) in [6.07, 6.45) is 1.55. The summed E-state index contributed by atoms with van der Waals surface area (Å²) in [5.41, 5.74) is 1.98. The van der Waals surface area contributed by atoms with Crippen LogP contribution in [-0.2, 0) is 5.33 Å². The van der Waals surface area contributed by atoms with E-state index < -0.39 is 11.6 Å². The van der Waals surface area contributed by atoms with Crippen molar-refractivity contribution in [2.75, 3.05) is 0 Å². The molecule has 4 aromatic rings. The van der Waals surface area contributed by atoms with Gasteiger partial charge in [0.1, 0.15) is 11.6 Å². The number of nitrogens with zero attached hydrogens (tertiary/aromatic N) is 4. The van der Waals surface area contributed by atoms with Gasteiger partial charge in [0, 0.05) is 6.20 Å². The van der Waals surface area contributed by atoms with Gasteiger partial charge in [0.2, 0.25) is 0 Å². The number of imidazole rings is 1. The van der Waals surface area contributed by atoms with E-state index in [-0.39, 0.29) is 10.8 Å². The molecule has 1 aromatic carbocycles. The monoisotopic (exact) mass is 423 g/mol. The van der Waals surface area contributed by atoms with Crippen molar-refractivity contribution in [2.24, 2.45) is 0 Å². The summed E-state index contributed by atoms with van der Waals surface area (Å²) >= 11 is 9.15. The normalized spacial score (nSPS) is 11.3. The summed E-state index contributed by atoms with van der Waals surface area (Å²) in [4.78, 5) is 23.8. The van der Waals surface area contributed by atoms with Gasteiger partial charge in [-0.1, -0.05) is 32.7 Å². The van der Waals surface area contributed by atoms with E-state index in [4.69, 9.17) is 16.1 Å². The quantitative estimate of drug-likeness (QED) is 0.509. The van der Waals surface area contributed by atoms with Gasteiger partial charge in [0.05, 0.1) is 27.1 Å². The van der Waals surface area contributed by atoms with Crippen molar-refractivity contribution in [3.8, 4) is 17.1 Å². The van der Waals surface area contributed by atoms with Crippen LogP contribution in [0.2, 0.25) is 5.02 Å². The molecule has 0 aliphatic carbocycles. The molecule has 0 unspecified atom stereocenters. The molecule has 0 aliphatic rings. The number of pyridine rings is 1. The van der Waals surface area contributed by atoms with Crippen LogP contribution in [0.25, 0.3) is 28.2 Å². The first-order chi connectivity index (χ1) is 12.1. The van der Waals surface area contributed by atoms with Crippen LogP contribution in [0.3, 0.4) is 0 Å². The van der Waals surface area contributed by atoms with Gasteiger partial charge in [-0.05, 0) is 24.3 Å². The van der Waals surface area contributed by atoms with E-state index in [2.05, 4.69) is 36.0 Å². The zero-order valence-corrected chi connectivity index (χ0v) is 14.7. The number of halogens is 3.